The molecule has 0 aliphatic heterocycles. The molecule has 1 aromatic heterocycles. The van der Waals surface area contributed by atoms with Gasteiger partial charge in [0.05, 0.1) is 32.8 Å². The summed E-state index contributed by atoms with van der Waals surface area (Å²) in [6.07, 6.45) is 1.52. The number of nitrogens with zero attached hydrogens (tertiary/aromatic N) is 1. The molecule has 0 fully saturated rings. The third-order valence-corrected chi connectivity index (χ3v) is 7.72. The number of carbonyl (C=O) groups is 3. The number of hydrogen-bond donors (Lipinski definition) is 3. The fourth-order valence-corrected chi connectivity index (χ4v) is 5.33. The van der Waals surface area contributed by atoms with Crippen molar-refractivity contribution in [2.45, 2.75) is 11.8 Å². The van der Waals surface area contributed by atoms with E-state index in [1.807, 2.05) is 18.4 Å². The minimum atomic E-state index is -0.558. The lowest BCUT2D eigenvalue weighted by Gasteiger charge is -2.15. The van der Waals surface area contributed by atoms with E-state index in [1.165, 1.54) is 50.5 Å². The normalized spacial score (nSPS) is 10.9. The van der Waals surface area contributed by atoms with Crippen LogP contribution >= 0.6 is 23.1 Å². The van der Waals surface area contributed by atoms with Crippen LogP contribution in [0, 0.1) is 6.92 Å². The molecule has 10 nitrogen and oxygen atoms in total. The number of thiazole rings is 1. The van der Waals surface area contributed by atoms with E-state index in [0.29, 0.717) is 39.2 Å². The molecule has 0 radical (unpaired) electrons. The number of aromatic nitrogens is 1. The number of rotatable bonds is 12. The minimum absolute atomic E-state index is 0.0145. The van der Waals surface area contributed by atoms with Gasteiger partial charge in [-0.25, -0.2) is 4.98 Å². The lowest BCUT2D eigenvalue weighted by molar-refractivity contribution is -0.114. The first kappa shape index (κ1) is 31.1. The van der Waals surface area contributed by atoms with Gasteiger partial charge in [-0.1, -0.05) is 24.3 Å². The number of thioether (sulfide) groups is 1. The van der Waals surface area contributed by atoms with Crippen molar-refractivity contribution >= 4 is 57.7 Å². The molecule has 4 aromatic rings. The van der Waals surface area contributed by atoms with Crippen LogP contribution in [0.5, 0.6) is 17.2 Å². The predicted molar refractivity (Wildman–Crippen MR) is 169 cm³/mol. The number of hydrogen-bond acceptors (Lipinski definition) is 9. The highest BCUT2D eigenvalue weighted by molar-refractivity contribution is 8.00. The number of carbonyl (C=O) groups excluding carboxylic acids is 3. The largest absolute Gasteiger partial charge is 0.493 e. The van der Waals surface area contributed by atoms with E-state index in [-0.39, 0.29) is 17.4 Å². The maximum atomic E-state index is 13.5. The second-order valence-electron chi connectivity index (χ2n) is 8.95. The Bertz CT molecular complexity index is 1610. The van der Waals surface area contributed by atoms with E-state index >= 15 is 0 Å². The van der Waals surface area contributed by atoms with Gasteiger partial charge in [-0.05, 0) is 61.0 Å². The molecule has 1 heterocycles. The summed E-state index contributed by atoms with van der Waals surface area (Å²) in [6.45, 7) is 1.86. The minimum Gasteiger partial charge on any atom is -0.493 e. The van der Waals surface area contributed by atoms with Crippen LogP contribution in [0.25, 0.3) is 6.08 Å². The Labute approximate surface area is 257 Å². The molecular weight excluding hydrogens is 588 g/mol. The Balaban J connectivity index is 1.55. The topological polar surface area (TPSA) is 128 Å². The summed E-state index contributed by atoms with van der Waals surface area (Å²) in [5, 5.41) is 10.7. The van der Waals surface area contributed by atoms with E-state index in [4.69, 9.17) is 14.2 Å². The molecule has 0 spiro atoms. The van der Waals surface area contributed by atoms with Gasteiger partial charge in [-0.2, -0.15) is 0 Å². The van der Waals surface area contributed by atoms with Gasteiger partial charge in [0, 0.05) is 21.5 Å². The van der Waals surface area contributed by atoms with Gasteiger partial charge in [0.1, 0.15) is 5.70 Å². The number of aryl methyl sites for hydroxylation is 1. The molecule has 12 heteroatoms. The summed E-state index contributed by atoms with van der Waals surface area (Å²) >= 11 is 2.68. The van der Waals surface area contributed by atoms with Crippen LogP contribution in [0.2, 0.25) is 0 Å². The fourth-order valence-electron chi connectivity index (χ4n) is 3.87. The summed E-state index contributed by atoms with van der Waals surface area (Å²) in [5.41, 5.74) is 2.22. The summed E-state index contributed by atoms with van der Waals surface area (Å²) < 4.78 is 16.3. The van der Waals surface area contributed by atoms with Crippen molar-refractivity contribution in [1.82, 2.24) is 10.3 Å². The zero-order chi connectivity index (χ0) is 30.8. The van der Waals surface area contributed by atoms with Crippen molar-refractivity contribution in [1.29, 1.82) is 0 Å². The van der Waals surface area contributed by atoms with Gasteiger partial charge in [0.25, 0.3) is 11.8 Å². The van der Waals surface area contributed by atoms with Crippen LogP contribution in [-0.2, 0) is 9.59 Å². The maximum absolute atomic E-state index is 13.5. The third-order valence-electron chi connectivity index (χ3n) is 5.85. The van der Waals surface area contributed by atoms with Gasteiger partial charge in [0.15, 0.2) is 16.6 Å². The Morgan fingerprint density at radius 2 is 1.63 bits per heavy atom. The van der Waals surface area contributed by atoms with Crippen molar-refractivity contribution in [2.24, 2.45) is 0 Å². The Morgan fingerprint density at radius 3 is 2.26 bits per heavy atom. The molecule has 0 aliphatic rings. The Kier molecular flexibility index (Phi) is 10.8. The van der Waals surface area contributed by atoms with Gasteiger partial charge >= 0.3 is 0 Å². The van der Waals surface area contributed by atoms with E-state index in [2.05, 4.69) is 20.9 Å². The van der Waals surface area contributed by atoms with Crippen molar-refractivity contribution in [3.8, 4) is 17.2 Å². The number of nitrogens with one attached hydrogen (secondary N) is 3. The standard InChI is InChI=1S/C31H30N4O6S2/c1-19-17-43-31(32-19)35-27(36)18-42-23-12-8-11-22(16-23)33-30(38)24(34-29(37)21-9-6-5-7-10-21)13-20-14-25(39-2)28(41-4)26(15-20)40-3/h5-17H,18H2,1-4H3,(H,33,38)(H,34,37)(H,32,35,36)/b24-13+. The lowest BCUT2D eigenvalue weighted by atomic mass is 10.1. The second-order valence-corrected chi connectivity index (χ2v) is 10.9. The molecule has 0 aliphatic carbocycles. The van der Waals surface area contributed by atoms with Crippen LogP contribution in [0.4, 0.5) is 10.8 Å². The third kappa shape index (κ3) is 8.60. The first-order valence-electron chi connectivity index (χ1n) is 12.9. The van der Waals surface area contributed by atoms with Gasteiger partial charge in [0.2, 0.25) is 11.7 Å². The molecule has 4 rings (SSSR count). The highest BCUT2D eigenvalue weighted by atomic mass is 32.2. The predicted octanol–water partition coefficient (Wildman–Crippen LogP) is 5.62. The van der Waals surface area contributed by atoms with Crippen molar-refractivity contribution in [2.75, 3.05) is 37.7 Å². The second kappa shape index (κ2) is 14.9. The number of amides is 3. The Hall–Kier alpha value is -4.81. The molecule has 0 saturated carbocycles. The van der Waals surface area contributed by atoms with Crippen molar-refractivity contribution in [3.63, 3.8) is 0 Å². The molecule has 43 heavy (non-hydrogen) atoms. The van der Waals surface area contributed by atoms with Gasteiger partial charge in [-0.15, -0.1) is 23.1 Å². The summed E-state index contributed by atoms with van der Waals surface area (Å²) in [6, 6.07) is 19.0. The van der Waals surface area contributed by atoms with E-state index in [0.717, 1.165) is 10.6 Å². The molecule has 0 saturated heterocycles. The first-order chi connectivity index (χ1) is 20.8. The molecule has 3 aromatic carbocycles. The van der Waals surface area contributed by atoms with Crippen LogP contribution in [0.1, 0.15) is 21.6 Å². The highest BCUT2D eigenvalue weighted by Gasteiger charge is 2.18. The Morgan fingerprint density at radius 1 is 0.907 bits per heavy atom. The average molecular weight is 619 g/mol. The molecule has 3 amide bonds. The van der Waals surface area contributed by atoms with Crippen molar-refractivity contribution in [3.05, 3.63) is 94.6 Å². The first-order valence-corrected chi connectivity index (χ1v) is 14.8. The smallest absolute Gasteiger partial charge is 0.272 e. The molecule has 0 unspecified atom stereocenters. The average Bonchev–Trinajstić information content (AvgIpc) is 3.43. The molecule has 0 bridgehead atoms. The number of ether oxygens (including phenoxy) is 3. The van der Waals surface area contributed by atoms with Gasteiger partial charge < -0.3 is 30.2 Å². The fraction of sp³-hybridized carbons (Fsp3) is 0.161. The number of benzene rings is 3. The quantitative estimate of drug-likeness (QED) is 0.138. The summed E-state index contributed by atoms with van der Waals surface area (Å²) in [4.78, 5) is 44.0. The van der Waals surface area contributed by atoms with E-state index in [1.54, 1.807) is 60.7 Å². The summed E-state index contributed by atoms with van der Waals surface area (Å²) in [5.74, 6) is 0.133. The van der Waals surface area contributed by atoms with Crippen molar-refractivity contribution < 1.29 is 28.6 Å². The lowest BCUT2D eigenvalue weighted by Crippen LogP contribution is -2.30. The highest BCUT2D eigenvalue weighted by Crippen LogP contribution is 2.38. The number of anilines is 2. The molecule has 0 atom stereocenters. The zero-order valence-electron chi connectivity index (χ0n) is 23.9. The SMILES string of the molecule is COc1cc(/C=C(/NC(=O)c2ccccc2)C(=O)Nc2cccc(SCC(=O)Nc3nc(C)cs3)c2)cc(OC)c1OC. The molecular formula is C31H30N4O6S2. The van der Waals surface area contributed by atoms with Gasteiger partial charge in [-0.3, -0.25) is 14.4 Å². The molecule has 222 valence electrons. The monoisotopic (exact) mass is 618 g/mol. The van der Waals surface area contributed by atoms with Crippen LogP contribution in [-0.4, -0.2) is 49.8 Å². The van der Waals surface area contributed by atoms with Crippen LogP contribution in [0.15, 0.2) is 82.7 Å². The number of methoxy groups -OCH3 is 3. The van der Waals surface area contributed by atoms with E-state index < -0.39 is 11.8 Å². The van der Waals surface area contributed by atoms with E-state index in [9.17, 15) is 14.4 Å². The zero-order valence-corrected chi connectivity index (χ0v) is 25.6. The molecule has 3 N–H and O–H groups in total. The maximum Gasteiger partial charge on any atom is 0.272 e. The summed E-state index contributed by atoms with van der Waals surface area (Å²) in [7, 11) is 4.48. The van der Waals surface area contributed by atoms with Crippen LogP contribution < -0.4 is 30.2 Å². The van der Waals surface area contributed by atoms with Crippen LogP contribution in [0.3, 0.4) is 0 Å².